The Kier molecular flexibility index (Phi) is 3.55. The SMILES string of the molecule is COc1ccc(C(C)(C)C)cc1C(=O)NN. The van der Waals surface area contributed by atoms with Gasteiger partial charge in [-0.25, -0.2) is 5.84 Å². The minimum absolute atomic E-state index is 0.0180. The maximum absolute atomic E-state index is 11.6. The number of methoxy groups -OCH3 is 1. The van der Waals surface area contributed by atoms with Gasteiger partial charge in [0.15, 0.2) is 0 Å². The first-order valence-electron chi connectivity index (χ1n) is 5.09. The molecule has 0 bridgehead atoms. The van der Waals surface area contributed by atoms with Crippen molar-refractivity contribution >= 4 is 5.91 Å². The van der Waals surface area contributed by atoms with Gasteiger partial charge in [0.2, 0.25) is 0 Å². The Labute approximate surface area is 95.8 Å². The van der Waals surface area contributed by atoms with Gasteiger partial charge in [-0.3, -0.25) is 10.2 Å². The average molecular weight is 222 g/mol. The molecule has 1 aromatic carbocycles. The predicted molar refractivity (Wildman–Crippen MR) is 63.3 cm³/mol. The second kappa shape index (κ2) is 4.53. The average Bonchev–Trinajstić information content (AvgIpc) is 2.25. The highest BCUT2D eigenvalue weighted by molar-refractivity contribution is 5.96. The number of amides is 1. The molecule has 0 spiro atoms. The summed E-state index contributed by atoms with van der Waals surface area (Å²) in [6, 6.07) is 5.54. The van der Waals surface area contributed by atoms with Crippen molar-refractivity contribution in [1.82, 2.24) is 5.43 Å². The van der Waals surface area contributed by atoms with Gasteiger partial charge in [0, 0.05) is 0 Å². The molecule has 16 heavy (non-hydrogen) atoms. The summed E-state index contributed by atoms with van der Waals surface area (Å²) in [4.78, 5) is 11.6. The molecule has 1 amide bonds. The van der Waals surface area contributed by atoms with E-state index < -0.39 is 0 Å². The molecule has 4 heteroatoms. The van der Waals surface area contributed by atoms with Crippen LogP contribution in [-0.4, -0.2) is 13.0 Å². The van der Waals surface area contributed by atoms with E-state index in [0.717, 1.165) is 5.56 Å². The maximum Gasteiger partial charge on any atom is 0.268 e. The lowest BCUT2D eigenvalue weighted by molar-refractivity contribution is 0.0950. The standard InChI is InChI=1S/C12H18N2O2/c1-12(2,3)8-5-6-10(16-4)9(7-8)11(15)14-13/h5-7H,13H2,1-4H3,(H,14,15). The summed E-state index contributed by atoms with van der Waals surface area (Å²) in [7, 11) is 1.53. The van der Waals surface area contributed by atoms with Crippen molar-refractivity contribution in [1.29, 1.82) is 0 Å². The van der Waals surface area contributed by atoms with Gasteiger partial charge in [-0.1, -0.05) is 26.8 Å². The highest BCUT2D eigenvalue weighted by atomic mass is 16.5. The van der Waals surface area contributed by atoms with E-state index in [0.29, 0.717) is 11.3 Å². The number of carbonyl (C=O) groups excluding carboxylic acids is 1. The zero-order valence-electron chi connectivity index (χ0n) is 10.1. The second-order valence-electron chi connectivity index (χ2n) is 4.64. The van der Waals surface area contributed by atoms with E-state index >= 15 is 0 Å². The summed E-state index contributed by atoms with van der Waals surface area (Å²) in [5, 5.41) is 0. The van der Waals surface area contributed by atoms with Crippen molar-refractivity contribution < 1.29 is 9.53 Å². The number of nitrogen functional groups attached to an aromatic ring is 1. The highest BCUT2D eigenvalue weighted by Gasteiger charge is 2.18. The number of carbonyl (C=O) groups is 1. The third kappa shape index (κ3) is 2.52. The fraction of sp³-hybridized carbons (Fsp3) is 0.417. The van der Waals surface area contributed by atoms with Crippen LogP contribution in [0, 0.1) is 0 Å². The Morgan fingerprint density at radius 2 is 2.00 bits per heavy atom. The summed E-state index contributed by atoms with van der Waals surface area (Å²) in [6.45, 7) is 6.25. The van der Waals surface area contributed by atoms with Gasteiger partial charge in [-0.15, -0.1) is 0 Å². The molecule has 0 atom stereocenters. The number of hydrazine groups is 1. The summed E-state index contributed by atoms with van der Waals surface area (Å²) in [5.74, 6) is 5.31. The van der Waals surface area contributed by atoms with Crippen LogP contribution in [0.5, 0.6) is 5.75 Å². The molecule has 0 aliphatic rings. The van der Waals surface area contributed by atoms with Gasteiger partial charge in [0.1, 0.15) is 5.75 Å². The summed E-state index contributed by atoms with van der Waals surface area (Å²) in [6.07, 6.45) is 0. The van der Waals surface area contributed by atoms with Crippen LogP contribution in [0.1, 0.15) is 36.7 Å². The van der Waals surface area contributed by atoms with Crippen LogP contribution in [0.15, 0.2) is 18.2 Å². The van der Waals surface area contributed by atoms with Gasteiger partial charge >= 0.3 is 0 Å². The van der Waals surface area contributed by atoms with Gasteiger partial charge < -0.3 is 4.74 Å². The topological polar surface area (TPSA) is 64.3 Å². The van der Waals surface area contributed by atoms with Gasteiger partial charge in [-0.2, -0.15) is 0 Å². The van der Waals surface area contributed by atoms with Crippen molar-refractivity contribution in [3.63, 3.8) is 0 Å². The number of benzene rings is 1. The first-order chi connectivity index (χ1) is 7.40. The zero-order valence-corrected chi connectivity index (χ0v) is 10.1. The van der Waals surface area contributed by atoms with Crippen molar-refractivity contribution in [3.8, 4) is 5.75 Å². The molecule has 0 aliphatic heterocycles. The maximum atomic E-state index is 11.6. The molecule has 1 aromatic rings. The van der Waals surface area contributed by atoms with Crippen molar-refractivity contribution in [2.75, 3.05) is 7.11 Å². The normalized spacial score (nSPS) is 11.1. The highest BCUT2D eigenvalue weighted by Crippen LogP contribution is 2.27. The molecule has 0 aromatic heterocycles. The largest absolute Gasteiger partial charge is 0.496 e. The fourth-order valence-corrected chi connectivity index (χ4v) is 1.43. The van der Waals surface area contributed by atoms with E-state index in [1.54, 1.807) is 12.1 Å². The number of hydrogen-bond donors (Lipinski definition) is 2. The second-order valence-corrected chi connectivity index (χ2v) is 4.64. The molecule has 3 N–H and O–H groups in total. The minimum atomic E-state index is -0.344. The Morgan fingerprint density at radius 1 is 1.38 bits per heavy atom. The van der Waals surface area contributed by atoms with Gasteiger partial charge in [-0.05, 0) is 23.1 Å². The third-order valence-electron chi connectivity index (χ3n) is 2.44. The number of nitrogens with two attached hydrogens (primary N) is 1. The van der Waals surface area contributed by atoms with E-state index in [1.807, 2.05) is 6.07 Å². The molecule has 0 fully saturated rings. The van der Waals surface area contributed by atoms with Crippen LogP contribution in [-0.2, 0) is 5.41 Å². The van der Waals surface area contributed by atoms with E-state index in [-0.39, 0.29) is 11.3 Å². The van der Waals surface area contributed by atoms with Crippen LogP contribution < -0.4 is 16.0 Å². The number of hydrogen-bond acceptors (Lipinski definition) is 3. The quantitative estimate of drug-likeness (QED) is 0.454. The number of nitrogens with one attached hydrogen (secondary N) is 1. The monoisotopic (exact) mass is 222 g/mol. The first kappa shape index (κ1) is 12.5. The van der Waals surface area contributed by atoms with Crippen molar-refractivity contribution in [2.45, 2.75) is 26.2 Å². The lowest BCUT2D eigenvalue weighted by Gasteiger charge is -2.20. The van der Waals surface area contributed by atoms with Gasteiger partial charge in [0.05, 0.1) is 12.7 Å². The Hall–Kier alpha value is -1.55. The molecule has 0 unspecified atom stereocenters. The molecule has 1 rings (SSSR count). The Morgan fingerprint density at radius 3 is 2.44 bits per heavy atom. The molecule has 0 saturated carbocycles. The summed E-state index contributed by atoms with van der Waals surface area (Å²) >= 11 is 0. The van der Waals surface area contributed by atoms with Crippen molar-refractivity contribution in [3.05, 3.63) is 29.3 Å². The van der Waals surface area contributed by atoms with E-state index in [1.165, 1.54) is 7.11 Å². The smallest absolute Gasteiger partial charge is 0.268 e. The molecule has 0 aliphatic carbocycles. The van der Waals surface area contributed by atoms with E-state index in [4.69, 9.17) is 10.6 Å². The number of rotatable bonds is 2. The molecule has 0 radical (unpaired) electrons. The third-order valence-corrected chi connectivity index (χ3v) is 2.44. The Bertz CT molecular complexity index is 394. The molecule has 88 valence electrons. The van der Waals surface area contributed by atoms with Crippen LogP contribution in [0.3, 0.4) is 0 Å². The van der Waals surface area contributed by atoms with Crippen LogP contribution in [0.25, 0.3) is 0 Å². The lowest BCUT2D eigenvalue weighted by Crippen LogP contribution is -2.30. The van der Waals surface area contributed by atoms with Crippen molar-refractivity contribution in [2.24, 2.45) is 5.84 Å². The van der Waals surface area contributed by atoms with Crippen LogP contribution in [0.4, 0.5) is 0 Å². The van der Waals surface area contributed by atoms with Gasteiger partial charge in [0.25, 0.3) is 5.91 Å². The van der Waals surface area contributed by atoms with Crippen LogP contribution in [0.2, 0.25) is 0 Å². The predicted octanol–water partition coefficient (Wildman–Crippen LogP) is 1.60. The molecule has 0 heterocycles. The fourth-order valence-electron chi connectivity index (χ4n) is 1.43. The zero-order chi connectivity index (χ0) is 12.3. The van der Waals surface area contributed by atoms with Crippen LogP contribution >= 0.6 is 0 Å². The molecule has 0 saturated heterocycles. The van der Waals surface area contributed by atoms with E-state index in [9.17, 15) is 4.79 Å². The number of ether oxygens (including phenoxy) is 1. The minimum Gasteiger partial charge on any atom is -0.496 e. The summed E-state index contributed by atoms with van der Waals surface area (Å²) < 4.78 is 5.12. The molecular formula is C12H18N2O2. The van der Waals surface area contributed by atoms with E-state index in [2.05, 4.69) is 26.2 Å². The first-order valence-corrected chi connectivity index (χ1v) is 5.09. The molecule has 4 nitrogen and oxygen atoms in total. The Balaban J connectivity index is 3.27. The lowest BCUT2D eigenvalue weighted by atomic mass is 9.86. The summed E-state index contributed by atoms with van der Waals surface area (Å²) in [5.41, 5.74) is 3.62. The molecular weight excluding hydrogens is 204 g/mol.